The van der Waals surface area contributed by atoms with Crippen LogP contribution in [0.3, 0.4) is 0 Å². The molecule has 0 atom stereocenters. The van der Waals surface area contributed by atoms with Crippen molar-refractivity contribution in [3.63, 3.8) is 0 Å². The molecule has 3 heteroatoms. The summed E-state index contributed by atoms with van der Waals surface area (Å²) in [5, 5.41) is 8.30. The van der Waals surface area contributed by atoms with Crippen molar-refractivity contribution in [2.24, 2.45) is 5.73 Å². The molecule has 0 heterocycles. The lowest BCUT2D eigenvalue weighted by molar-refractivity contribution is 0.0881. The molecule has 0 aliphatic rings. The van der Waals surface area contributed by atoms with Crippen LogP contribution in [0, 0.1) is 0 Å². The van der Waals surface area contributed by atoms with E-state index in [4.69, 9.17) is 10.8 Å². The second-order valence-electron chi connectivity index (χ2n) is 3.36. The van der Waals surface area contributed by atoms with E-state index in [2.05, 4.69) is 13.8 Å². The second kappa shape index (κ2) is 10.9. The SMILES string of the molecule is CC(C)(N)O.CCCCCC.O. The van der Waals surface area contributed by atoms with Crippen LogP contribution in [0.15, 0.2) is 0 Å². The number of rotatable bonds is 3. The third-order valence-corrected chi connectivity index (χ3v) is 0.957. The summed E-state index contributed by atoms with van der Waals surface area (Å²) in [4.78, 5) is 0. The van der Waals surface area contributed by atoms with Gasteiger partial charge in [0.25, 0.3) is 0 Å². The van der Waals surface area contributed by atoms with Crippen molar-refractivity contribution in [3.8, 4) is 0 Å². The van der Waals surface area contributed by atoms with Gasteiger partial charge in [-0.3, -0.25) is 0 Å². The Hall–Kier alpha value is -0.120. The van der Waals surface area contributed by atoms with E-state index in [1.807, 2.05) is 0 Å². The van der Waals surface area contributed by atoms with Crippen molar-refractivity contribution in [1.29, 1.82) is 0 Å². The molecule has 78 valence electrons. The molecule has 0 fully saturated rings. The summed E-state index contributed by atoms with van der Waals surface area (Å²) < 4.78 is 0. The van der Waals surface area contributed by atoms with Crippen molar-refractivity contribution in [3.05, 3.63) is 0 Å². The predicted octanol–water partition coefficient (Wildman–Crippen LogP) is 1.44. The zero-order valence-electron chi connectivity index (χ0n) is 8.85. The van der Waals surface area contributed by atoms with Crippen molar-refractivity contribution >= 4 is 0 Å². The van der Waals surface area contributed by atoms with E-state index in [-0.39, 0.29) is 5.48 Å². The van der Waals surface area contributed by atoms with E-state index in [1.165, 1.54) is 39.5 Å². The maximum Gasteiger partial charge on any atom is 0.107 e. The van der Waals surface area contributed by atoms with Gasteiger partial charge in [-0.2, -0.15) is 0 Å². The molecule has 0 aromatic carbocycles. The monoisotopic (exact) mass is 179 g/mol. The van der Waals surface area contributed by atoms with Crippen LogP contribution in [0.4, 0.5) is 0 Å². The predicted molar refractivity (Wildman–Crippen MR) is 53.9 cm³/mol. The molecular weight excluding hydrogens is 154 g/mol. The van der Waals surface area contributed by atoms with Crippen LogP contribution in [0.2, 0.25) is 0 Å². The molecule has 0 saturated heterocycles. The molecule has 0 bridgehead atoms. The quantitative estimate of drug-likeness (QED) is 0.508. The average Bonchev–Trinajstić information content (AvgIpc) is 1.79. The molecule has 0 aromatic rings. The van der Waals surface area contributed by atoms with E-state index < -0.39 is 5.72 Å². The van der Waals surface area contributed by atoms with Gasteiger partial charge in [0.1, 0.15) is 5.72 Å². The van der Waals surface area contributed by atoms with Gasteiger partial charge in [-0.1, -0.05) is 39.5 Å². The van der Waals surface area contributed by atoms with Crippen LogP contribution in [0.5, 0.6) is 0 Å². The average molecular weight is 179 g/mol. The van der Waals surface area contributed by atoms with E-state index in [0.29, 0.717) is 0 Å². The van der Waals surface area contributed by atoms with Crippen LogP contribution in [0.25, 0.3) is 0 Å². The molecular formula is C9H25NO2. The molecule has 3 nitrogen and oxygen atoms in total. The van der Waals surface area contributed by atoms with Crippen molar-refractivity contribution in [2.45, 2.75) is 59.1 Å². The van der Waals surface area contributed by atoms with Gasteiger partial charge in [0.05, 0.1) is 0 Å². The highest BCUT2D eigenvalue weighted by Crippen LogP contribution is 1.95. The lowest BCUT2D eigenvalue weighted by atomic mass is 10.2. The number of hydrogen-bond acceptors (Lipinski definition) is 2. The Morgan fingerprint density at radius 2 is 1.25 bits per heavy atom. The molecule has 0 unspecified atom stereocenters. The number of aliphatic hydroxyl groups is 1. The Morgan fingerprint density at radius 3 is 1.33 bits per heavy atom. The maximum atomic E-state index is 8.30. The number of unbranched alkanes of at least 4 members (excludes halogenated alkanes) is 3. The Balaban J connectivity index is -0.000000126. The minimum atomic E-state index is -1.00. The highest BCUT2D eigenvalue weighted by atomic mass is 16.3. The fourth-order valence-electron chi connectivity index (χ4n) is 0.500. The maximum absolute atomic E-state index is 8.30. The van der Waals surface area contributed by atoms with Crippen molar-refractivity contribution in [1.82, 2.24) is 0 Å². The van der Waals surface area contributed by atoms with Gasteiger partial charge < -0.3 is 16.3 Å². The summed E-state index contributed by atoms with van der Waals surface area (Å²) in [7, 11) is 0. The molecule has 0 saturated carbocycles. The number of nitrogens with two attached hydrogens (primary N) is 1. The first-order valence-electron chi connectivity index (χ1n) is 4.43. The highest BCUT2D eigenvalue weighted by molar-refractivity contribution is 4.47. The van der Waals surface area contributed by atoms with Crippen molar-refractivity contribution < 1.29 is 10.6 Å². The summed E-state index contributed by atoms with van der Waals surface area (Å²) >= 11 is 0. The Bertz CT molecular complexity index is 59.4. The summed E-state index contributed by atoms with van der Waals surface area (Å²) in [6, 6.07) is 0. The first kappa shape index (κ1) is 17.8. The first-order chi connectivity index (χ1) is 4.91. The fourth-order valence-corrected chi connectivity index (χ4v) is 0.500. The minimum absolute atomic E-state index is 0. The third kappa shape index (κ3) is 93.9. The van der Waals surface area contributed by atoms with Gasteiger partial charge in [0.15, 0.2) is 0 Å². The zero-order chi connectivity index (χ0) is 9.33. The molecule has 0 aromatic heterocycles. The van der Waals surface area contributed by atoms with Crippen LogP contribution >= 0.6 is 0 Å². The van der Waals surface area contributed by atoms with Crippen LogP contribution in [-0.2, 0) is 0 Å². The van der Waals surface area contributed by atoms with Crippen LogP contribution in [-0.4, -0.2) is 16.3 Å². The molecule has 0 aliphatic heterocycles. The van der Waals surface area contributed by atoms with E-state index in [1.54, 1.807) is 0 Å². The van der Waals surface area contributed by atoms with Gasteiger partial charge in [0.2, 0.25) is 0 Å². The van der Waals surface area contributed by atoms with Gasteiger partial charge in [0, 0.05) is 0 Å². The molecule has 5 N–H and O–H groups in total. The molecule has 12 heavy (non-hydrogen) atoms. The Kier molecular flexibility index (Phi) is 16.2. The summed E-state index contributed by atoms with van der Waals surface area (Å²) in [6.07, 6.45) is 5.54. The topological polar surface area (TPSA) is 77.8 Å². The van der Waals surface area contributed by atoms with Gasteiger partial charge in [-0.15, -0.1) is 0 Å². The molecule has 0 radical (unpaired) electrons. The van der Waals surface area contributed by atoms with Crippen molar-refractivity contribution in [2.75, 3.05) is 0 Å². The molecule has 0 rings (SSSR count). The summed E-state index contributed by atoms with van der Waals surface area (Å²) in [5.74, 6) is 0. The van der Waals surface area contributed by atoms with Gasteiger partial charge in [-0.25, -0.2) is 0 Å². The highest BCUT2D eigenvalue weighted by Gasteiger charge is 1.98. The van der Waals surface area contributed by atoms with E-state index >= 15 is 0 Å². The lowest BCUT2D eigenvalue weighted by Crippen LogP contribution is -2.30. The molecule has 0 spiro atoms. The van der Waals surface area contributed by atoms with E-state index in [0.717, 1.165) is 0 Å². The summed E-state index contributed by atoms with van der Waals surface area (Å²) in [6.45, 7) is 7.51. The normalized spacial score (nSPS) is 9.50. The standard InChI is InChI=1S/C6H14.C3H9NO.H2O/c1-3-5-6-4-2;1-3(2,4)5;/h3-6H2,1-2H3;5H,4H2,1-2H3;1H2. The summed E-state index contributed by atoms with van der Waals surface area (Å²) in [5.41, 5.74) is 3.91. The van der Waals surface area contributed by atoms with Gasteiger partial charge >= 0.3 is 0 Å². The first-order valence-corrected chi connectivity index (χ1v) is 4.43. The smallest absolute Gasteiger partial charge is 0.107 e. The van der Waals surface area contributed by atoms with Gasteiger partial charge in [-0.05, 0) is 13.8 Å². The Morgan fingerprint density at radius 1 is 1.08 bits per heavy atom. The Labute approximate surface area is 76.3 Å². The second-order valence-corrected chi connectivity index (χ2v) is 3.36. The van der Waals surface area contributed by atoms with Crippen LogP contribution in [0.1, 0.15) is 53.4 Å². The molecule has 0 amide bonds. The zero-order valence-corrected chi connectivity index (χ0v) is 8.85. The third-order valence-electron chi connectivity index (χ3n) is 0.957. The van der Waals surface area contributed by atoms with E-state index in [9.17, 15) is 0 Å². The molecule has 0 aliphatic carbocycles. The van der Waals surface area contributed by atoms with Crippen LogP contribution < -0.4 is 5.73 Å². The largest absolute Gasteiger partial charge is 0.412 e. The fraction of sp³-hybridized carbons (Fsp3) is 1.00. The minimum Gasteiger partial charge on any atom is -0.412 e. The number of hydrogen-bond donors (Lipinski definition) is 2. The lowest BCUT2D eigenvalue weighted by Gasteiger charge is -2.05.